The van der Waals surface area contributed by atoms with Gasteiger partial charge in [-0.3, -0.25) is 9.67 Å². The third kappa shape index (κ3) is 3.07. The molecule has 5 heteroatoms. The highest BCUT2D eigenvalue weighted by atomic mass is 15.2. The monoisotopic (exact) mass is 417 g/mol. The van der Waals surface area contributed by atoms with Crippen LogP contribution in [0.2, 0.25) is 0 Å². The van der Waals surface area contributed by atoms with Crippen LogP contribution in [-0.4, -0.2) is 19.3 Å². The molecule has 1 aliphatic carbocycles. The summed E-state index contributed by atoms with van der Waals surface area (Å²) in [5, 5.41) is 16.0. The van der Waals surface area contributed by atoms with E-state index in [9.17, 15) is 5.26 Å². The van der Waals surface area contributed by atoms with E-state index in [1.165, 1.54) is 30.2 Å². The number of hydrogen-bond acceptors (Lipinski definition) is 3. The van der Waals surface area contributed by atoms with Crippen molar-refractivity contribution in [2.75, 3.05) is 0 Å². The van der Waals surface area contributed by atoms with Crippen LogP contribution in [0.5, 0.6) is 0 Å². The summed E-state index contributed by atoms with van der Waals surface area (Å²) < 4.78 is 4.19. The number of nitriles is 1. The first kappa shape index (κ1) is 18.8. The van der Waals surface area contributed by atoms with Gasteiger partial charge in [-0.2, -0.15) is 10.4 Å². The molecule has 0 spiro atoms. The van der Waals surface area contributed by atoms with Crippen LogP contribution in [0.4, 0.5) is 0 Å². The molecule has 5 aromatic rings. The Balaban J connectivity index is 1.56. The molecule has 0 unspecified atom stereocenters. The lowest BCUT2D eigenvalue weighted by Gasteiger charge is -2.26. The summed E-state index contributed by atoms with van der Waals surface area (Å²) in [6, 6.07) is 18.6. The van der Waals surface area contributed by atoms with Crippen molar-refractivity contribution in [3.63, 3.8) is 0 Å². The van der Waals surface area contributed by atoms with E-state index < -0.39 is 0 Å². The fourth-order valence-corrected chi connectivity index (χ4v) is 4.79. The van der Waals surface area contributed by atoms with E-state index in [0.29, 0.717) is 5.56 Å². The average molecular weight is 418 g/mol. The second kappa shape index (κ2) is 7.35. The van der Waals surface area contributed by atoms with Crippen LogP contribution in [0.25, 0.3) is 44.2 Å². The predicted octanol–water partition coefficient (Wildman–Crippen LogP) is 5.93. The summed E-state index contributed by atoms with van der Waals surface area (Å²) in [5.41, 5.74) is 7.02. The zero-order valence-electron chi connectivity index (χ0n) is 18.0. The molecule has 1 fully saturated rings. The summed E-state index contributed by atoms with van der Waals surface area (Å²) in [6.07, 6.45) is 10.2. The minimum atomic E-state index is 0.662. The molecule has 0 amide bonds. The SMILES string of the molecule is Cn1cc2cc(-c3ncc4c(ccn4CC4CCC4)c3-c3ccc(C#N)cc3)ccc2n1. The Morgan fingerprint density at radius 2 is 1.88 bits per heavy atom. The highest BCUT2D eigenvalue weighted by molar-refractivity contribution is 6.02. The summed E-state index contributed by atoms with van der Waals surface area (Å²) in [7, 11) is 1.94. The molecule has 0 saturated heterocycles. The van der Waals surface area contributed by atoms with Gasteiger partial charge in [-0.15, -0.1) is 0 Å². The van der Waals surface area contributed by atoms with E-state index in [1.807, 2.05) is 48.4 Å². The molecular formula is C27H23N5. The number of benzene rings is 2. The van der Waals surface area contributed by atoms with Gasteiger partial charge >= 0.3 is 0 Å². The van der Waals surface area contributed by atoms with E-state index in [1.54, 1.807) is 0 Å². The Bertz CT molecular complexity index is 1490. The van der Waals surface area contributed by atoms with Gasteiger partial charge in [0.1, 0.15) is 0 Å². The van der Waals surface area contributed by atoms with Crippen LogP contribution in [0.15, 0.2) is 67.1 Å². The molecule has 156 valence electrons. The van der Waals surface area contributed by atoms with Crippen LogP contribution in [0.1, 0.15) is 24.8 Å². The molecule has 0 radical (unpaired) electrons. The van der Waals surface area contributed by atoms with Gasteiger partial charge in [0.25, 0.3) is 0 Å². The molecule has 1 saturated carbocycles. The van der Waals surface area contributed by atoms with Crippen molar-refractivity contribution >= 4 is 21.8 Å². The zero-order chi connectivity index (χ0) is 21.7. The predicted molar refractivity (Wildman–Crippen MR) is 127 cm³/mol. The van der Waals surface area contributed by atoms with Gasteiger partial charge < -0.3 is 4.57 Å². The van der Waals surface area contributed by atoms with Crippen molar-refractivity contribution in [2.24, 2.45) is 13.0 Å². The van der Waals surface area contributed by atoms with Crippen molar-refractivity contribution in [1.29, 1.82) is 5.26 Å². The van der Waals surface area contributed by atoms with E-state index in [2.05, 4.69) is 46.2 Å². The van der Waals surface area contributed by atoms with E-state index >= 15 is 0 Å². The van der Waals surface area contributed by atoms with Gasteiger partial charge in [-0.05, 0) is 54.7 Å². The first-order valence-corrected chi connectivity index (χ1v) is 11.1. The Morgan fingerprint density at radius 3 is 2.62 bits per heavy atom. The Labute approximate surface area is 186 Å². The van der Waals surface area contributed by atoms with Crippen LogP contribution in [-0.2, 0) is 13.6 Å². The topological polar surface area (TPSA) is 59.4 Å². The molecule has 0 atom stereocenters. The molecule has 2 aromatic carbocycles. The van der Waals surface area contributed by atoms with Gasteiger partial charge in [0.05, 0.1) is 34.6 Å². The highest BCUT2D eigenvalue weighted by Crippen LogP contribution is 2.38. The Kier molecular flexibility index (Phi) is 4.32. The molecule has 0 N–H and O–H groups in total. The Hall–Kier alpha value is -3.91. The number of nitrogens with zero attached hydrogens (tertiary/aromatic N) is 5. The number of hydrogen-bond donors (Lipinski definition) is 0. The van der Waals surface area contributed by atoms with Crippen molar-refractivity contribution in [1.82, 2.24) is 19.3 Å². The second-order valence-electron chi connectivity index (χ2n) is 8.81. The quantitative estimate of drug-likeness (QED) is 0.364. The smallest absolute Gasteiger partial charge is 0.0991 e. The maximum atomic E-state index is 9.25. The largest absolute Gasteiger partial charge is 0.346 e. The maximum absolute atomic E-state index is 9.25. The first-order valence-electron chi connectivity index (χ1n) is 11.1. The third-order valence-corrected chi connectivity index (χ3v) is 6.70. The Morgan fingerprint density at radius 1 is 1.06 bits per heavy atom. The van der Waals surface area contributed by atoms with Gasteiger partial charge in [0.2, 0.25) is 0 Å². The van der Waals surface area contributed by atoms with Crippen molar-refractivity contribution in [3.05, 3.63) is 72.7 Å². The molecule has 3 heterocycles. The van der Waals surface area contributed by atoms with E-state index in [0.717, 1.165) is 45.7 Å². The van der Waals surface area contributed by atoms with E-state index in [4.69, 9.17) is 4.98 Å². The molecule has 1 aliphatic rings. The zero-order valence-corrected chi connectivity index (χ0v) is 18.0. The molecular weight excluding hydrogens is 394 g/mol. The minimum absolute atomic E-state index is 0.662. The normalized spacial score (nSPS) is 14.0. The van der Waals surface area contributed by atoms with Gasteiger partial charge in [0, 0.05) is 47.9 Å². The minimum Gasteiger partial charge on any atom is -0.346 e. The number of pyridine rings is 1. The fraction of sp³-hybridized carbons (Fsp3) is 0.222. The molecule has 5 nitrogen and oxygen atoms in total. The maximum Gasteiger partial charge on any atom is 0.0991 e. The van der Waals surface area contributed by atoms with Crippen molar-refractivity contribution < 1.29 is 0 Å². The molecule has 0 aliphatic heterocycles. The fourth-order valence-electron chi connectivity index (χ4n) is 4.79. The standard InChI is InChI=1S/C27H23N5/c1-31-17-22-13-21(9-10-24(22)30-31)27-26(20-7-5-18(14-28)6-8-20)23-11-12-32(25(23)15-29-27)16-19-3-2-4-19/h5-13,15,17,19H,2-4,16H2,1H3. The third-order valence-electron chi connectivity index (χ3n) is 6.70. The molecule has 3 aromatic heterocycles. The number of aromatic nitrogens is 4. The lowest BCUT2D eigenvalue weighted by atomic mass is 9.85. The van der Waals surface area contributed by atoms with Crippen LogP contribution in [0.3, 0.4) is 0 Å². The van der Waals surface area contributed by atoms with Crippen LogP contribution >= 0.6 is 0 Å². The van der Waals surface area contributed by atoms with Crippen molar-refractivity contribution in [3.8, 4) is 28.5 Å². The molecule has 32 heavy (non-hydrogen) atoms. The van der Waals surface area contributed by atoms with E-state index in [-0.39, 0.29) is 0 Å². The summed E-state index contributed by atoms with van der Waals surface area (Å²) in [5.74, 6) is 0.775. The summed E-state index contributed by atoms with van der Waals surface area (Å²) >= 11 is 0. The molecule has 0 bridgehead atoms. The highest BCUT2D eigenvalue weighted by Gasteiger charge is 2.21. The van der Waals surface area contributed by atoms with Gasteiger partial charge in [-0.25, -0.2) is 0 Å². The number of rotatable bonds is 4. The van der Waals surface area contributed by atoms with Crippen LogP contribution in [0, 0.1) is 17.2 Å². The first-order chi connectivity index (χ1) is 15.7. The lowest BCUT2D eigenvalue weighted by Crippen LogP contribution is -2.17. The number of fused-ring (bicyclic) bond motifs is 2. The average Bonchev–Trinajstić information content (AvgIpc) is 3.37. The summed E-state index contributed by atoms with van der Waals surface area (Å²) in [6.45, 7) is 1.05. The van der Waals surface area contributed by atoms with Gasteiger partial charge in [-0.1, -0.05) is 24.6 Å². The molecule has 6 rings (SSSR count). The second-order valence-corrected chi connectivity index (χ2v) is 8.81. The van der Waals surface area contributed by atoms with Gasteiger partial charge in [0.15, 0.2) is 0 Å². The summed E-state index contributed by atoms with van der Waals surface area (Å²) in [4.78, 5) is 4.98. The number of aryl methyl sites for hydroxylation is 1. The van der Waals surface area contributed by atoms with Crippen LogP contribution < -0.4 is 0 Å². The van der Waals surface area contributed by atoms with Crippen molar-refractivity contribution in [2.45, 2.75) is 25.8 Å². The lowest BCUT2D eigenvalue weighted by molar-refractivity contribution is 0.280.